The minimum absolute atomic E-state index is 0.0135. The third-order valence-corrected chi connectivity index (χ3v) is 5.83. The van der Waals surface area contributed by atoms with Gasteiger partial charge in [-0.15, -0.1) is 11.8 Å². The molecule has 0 aliphatic carbocycles. The zero-order valence-corrected chi connectivity index (χ0v) is 17.2. The van der Waals surface area contributed by atoms with Crippen LogP contribution in [0.5, 0.6) is 0 Å². The van der Waals surface area contributed by atoms with Crippen molar-refractivity contribution < 1.29 is 9.59 Å². The van der Waals surface area contributed by atoms with Gasteiger partial charge in [-0.05, 0) is 62.6 Å². The normalized spacial score (nSPS) is 15.0. The summed E-state index contributed by atoms with van der Waals surface area (Å²) in [6, 6.07) is 15.6. The molecule has 0 radical (unpaired) electrons. The number of rotatable bonds is 6. The molecule has 1 heterocycles. The van der Waals surface area contributed by atoms with Crippen molar-refractivity contribution in [3.05, 3.63) is 48.5 Å². The predicted molar refractivity (Wildman–Crippen MR) is 117 cm³/mol. The molecule has 1 saturated heterocycles. The zero-order chi connectivity index (χ0) is 19.9. The van der Waals surface area contributed by atoms with Gasteiger partial charge in [0.25, 0.3) is 0 Å². The van der Waals surface area contributed by atoms with E-state index in [-0.39, 0.29) is 17.1 Å². The highest BCUT2D eigenvalue weighted by atomic mass is 32.2. The number of hydrogen-bond acceptors (Lipinski definition) is 4. The molecule has 2 aromatic rings. The van der Waals surface area contributed by atoms with Gasteiger partial charge in [-0.1, -0.05) is 12.1 Å². The number of carbonyl (C=O) groups excluding carboxylic acids is 2. The highest BCUT2D eigenvalue weighted by Crippen LogP contribution is 2.30. The van der Waals surface area contributed by atoms with Crippen LogP contribution in [0.2, 0.25) is 0 Å². The fourth-order valence-electron chi connectivity index (χ4n) is 3.30. The SMILES string of the molecule is CC(=O)Nc1ccc(SC(C)C(=O)Nc2ccccc2N2CCCCC2)cc1. The summed E-state index contributed by atoms with van der Waals surface area (Å²) in [7, 11) is 0. The van der Waals surface area contributed by atoms with Gasteiger partial charge in [0.1, 0.15) is 0 Å². The molecule has 6 heteroatoms. The lowest BCUT2D eigenvalue weighted by Gasteiger charge is -2.30. The average molecular weight is 398 g/mol. The highest BCUT2D eigenvalue weighted by molar-refractivity contribution is 8.00. The van der Waals surface area contributed by atoms with E-state index in [0.717, 1.165) is 35.0 Å². The van der Waals surface area contributed by atoms with Crippen molar-refractivity contribution in [2.24, 2.45) is 0 Å². The standard InChI is InChI=1S/C22H27N3O2S/c1-16(28-19-12-10-18(11-13-19)23-17(2)26)22(27)24-20-8-4-5-9-21(20)25-14-6-3-7-15-25/h4-5,8-13,16H,3,6-7,14-15H2,1-2H3,(H,23,26)(H,24,27). The lowest BCUT2D eigenvalue weighted by Crippen LogP contribution is -2.31. The van der Waals surface area contributed by atoms with Gasteiger partial charge in [-0.25, -0.2) is 0 Å². The fraction of sp³-hybridized carbons (Fsp3) is 0.364. The molecular formula is C22H27N3O2S. The molecule has 0 saturated carbocycles. The molecule has 1 fully saturated rings. The molecule has 1 aliphatic heterocycles. The molecule has 3 rings (SSSR count). The molecule has 1 atom stereocenters. The molecule has 0 bridgehead atoms. The molecule has 1 aliphatic rings. The maximum Gasteiger partial charge on any atom is 0.237 e. The van der Waals surface area contributed by atoms with Gasteiger partial charge in [0.05, 0.1) is 16.6 Å². The first-order valence-corrected chi connectivity index (χ1v) is 10.6. The van der Waals surface area contributed by atoms with Crippen LogP contribution in [0.3, 0.4) is 0 Å². The highest BCUT2D eigenvalue weighted by Gasteiger charge is 2.19. The molecule has 2 N–H and O–H groups in total. The number of benzene rings is 2. The van der Waals surface area contributed by atoms with E-state index in [1.807, 2.05) is 49.4 Å². The number of carbonyl (C=O) groups is 2. The number of nitrogens with zero attached hydrogens (tertiary/aromatic N) is 1. The molecule has 1 unspecified atom stereocenters. The van der Waals surface area contributed by atoms with Crippen molar-refractivity contribution >= 4 is 40.6 Å². The Balaban J connectivity index is 1.62. The maximum absolute atomic E-state index is 12.8. The summed E-state index contributed by atoms with van der Waals surface area (Å²) in [5, 5.41) is 5.62. The third kappa shape index (κ3) is 5.52. The predicted octanol–water partition coefficient (Wildman–Crippen LogP) is 4.75. The topological polar surface area (TPSA) is 61.4 Å². The molecule has 28 heavy (non-hydrogen) atoms. The van der Waals surface area contributed by atoms with E-state index >= 15 is 0 Å². The monoisotopic (exact) mass is 397 g/mol. The van der Waals surface area contributed by atoms with E-state index in [1.54, 1.807) is 0 Å². The van der Waals surface area contributed by atoms with Gasteiger partial charge in [0.2, 0.25) is 11.8 Å². The number of amides is 2. The van der Waals surface area contributed by atoms with Gasteiger partial charge in [-0.2, -0.15) is 0 Å². The fourth-order valence-corrected chi connectivity index (χ4v) is 4.17. The largest absolute Gasteiger partial charge is 0.370 e. The van der Waals surface area contributed by atoms with Gasteiger partial charge < -0.3 is 15.5 Å². The smallest absolute Gasteiger partial charge is 0.237 e. The molecule has 2 amide bonds. The summed E-state index contributed by atoms with van der Waals surface area (Å²) in [6.45, 7) is 5.47. The Labute approximate surface area is 170 Å². The molecule has 148 valence electrons. The van der Waals surface area contributed by atoms with Crippen LogP contribution in [0.15, 0.2) is 53.4 Å². The number of piperidine rings is 1. The van der Waals surface area contributed by atoms with E-state index in [9.17, 15) is 9.59 Å². The number of thioether (sulfide) groups is 1. The van der Waals surface area contributed by atoms with Crippen LogP contribution in [0.4, 0.5) is 17.1 Å². The number of hydrogen-bond donors (Lipinski definition) is 2. The summed E-state index contributed by atoms with van der Waals surface area (Å²) in [4.78, 5) is 27.2. The minimum atomic E-state index is -0.235. The molecule has 5 nitrogen and oxygen atoms in total. The van der Waals surface area contributed by atoms with Crippen LogP contribution in [-0.4, -0.2) is 30.2 Å². The Hall–Kier alpha value is -2.47. The van der Waals surface area contributed by atoms with E-state index in [4.69, 9.17) is 0 Å². The summed E-state index contributed by atoms with van der Waals surface area (Å²) in [6.07, 6.45) is 3.67. The van der Waals surface area contributed by atoms with Crippen molar-refractivity contribution in [1.29, 1.82) is 0 Å². The Morgan fingerprint density at radius 1 is 0.964 bits per heavy atom. The van der Waals surface area contributed by atoms with E-state index in [1.165, 1.54) is 37.9 Å². The number of anilines is 3. The van der Waals surface area contributed by atoms with Crippen LogP contribution in [-0.2, 0) is 9.59 Å². The third-order valence-electron chi connectivity index (χ3n) is 4.72. The summed E-state index contributed by atoms with van der Waals surface area (Å²) < 4.78 is 0. The van der Waals surface area contributed by atoms with Crippen molar-refractivity contribution in [3.63, 3.8) is 0 Å². The number of para-hydroxylation sites is 2. The van der Waals surface area contributed by atoms with Gasteiger partial charge in [0, 0.05) is 30.6 Å². The first-order valence-electron chi connectivity index (χ1n) is 9.72. The van der Waals surface area contributed by atoms with Crippen molar-refractivity contribution in [1.82, 2.24) is 0 Å². The first kappa shape index (κ1) is 20.3. The Kier molecular flexibility index (Phi) is 6.98. The van der Waals surface area contributed by atoms with Crippen molar-refractivity contribution in [3.8, 4) is 0 Å². The molecule has 0 spiro atoms. The zero-order valence-electron chi connectivity index (χ0n) is 16.4. The second-order valence-electron chi connectivity index (χ2n) is 7.02. The second-order valence-corrected chi connectivity index (χ2v) is 8.43. The number of nitrogens with one attached hydrogen (secondary N) is 2. The Bertz CT molecular complexity index is 817. The molecule has 2 aromatic carbocycles. The Morgan fingerprint density at radius 3 is 2.32 bits per heavy atom. The van der Waals surface area contributed by atoms with Gasteiger partial charge >= 0.3 is 0 Å². The summed E-state index contributed by atoms with van der Waals surface area (Å²) >= 11 is 1.50. The summed E-state index contributed by atoms with van der Waals surface area (Å²) in [5.41, 5.74) is 2.74. The quantitative estimate of drug-likeness (QED) is 0.690. The lowest BCUT2D eigenvalue weighted by atomic mass is 10.1. The van der Waals surface area contributed by atoms with Crippen molar-refractivity contribution in [2.45, 2.75) is 43.3 Å². The van der Waals surface area contributed by atoms with Crippen LogP contribution in [0.1, 0.15) is 33.1 Å². The van der Waals surface area contributed by atoms with Crippen molar-refractivity contribution in [2.75, 3.05) is 28.6 Å². The summed E-state index contributed by atoms with van der Waals surface area (Å²) in [5.74, 6) is -0.110. The van der Waals surface area contributed by atoms with E-state index < -0.39 is 0 Å². The first-order chi connectivity index (χ1) is 13.5. The second kappa shape index (κ2) is 9.64. The lowest BCUT2D eigenvalue weighted by molar-refractivity contribution is -0.115. The molecule has 0 aromatic heterocycles. The van der Waals surface area contributed by atoms with E-state index in [2.05, 4.69) is 21.6 Å². The average Bonchev–Trinajstić information content (AvgIpc) is 2.70. The molecular weight excluding hydrogens is 370 g/mol. The van der Waals surface area contributed by atoms with Crippen LogP contribution >= 0.6 is 11.8 Å². The van der Waals surface area contributed by atoms with Gasteiger partial charge in [-0.3, -0.25) is 9.59 Å². The van der Waals surface area contributed by atoms with E-state index in [0.29, 0.717) is 0 Å². The van der Waals surface area contributed by atoms with Crippen LogP contribution in [0, 0.1) is 0 Å². The maximum atomic E-state index is 12.8. The minimum Gasteiger partial charge on any atom is -0.370 e. The van der Waals surface area contributed by atoms with Crippen LogP contribution < -0.4 is 15.5 Å². The van der Waals surface area contributed by atoms with Gasteiger partial charge in [0.15, 0.2) is 0 Å². The van der Waals surface area contributed by atoms with Crippen LogP contribution in [0.25, 0.3) is 0 Å². The Morgan fingerprint density at radius 2 is 1.64 bits per heavy atom.